The summed E-state index contributed by atoms with van der Waals surface area (Å²) in [6, 6.07) is 13.2. The third-order valence-corrected chi connectivity index (χ3v) is 6.16. The molecule has 0 aliphatic carbocycles. The van der Waals surface area contributed by atoms with Gasteiger partial charge < -0.3 is 20.5 Å². The Bertz CT molecular complexity index is 1000. The zero-order valence-electron chi connectivity index (χ0n) is 21.0. The molecule has 0 aromatic heterocycles. The molecule has 0 fully saturated rings. The van der Waals surface area contributed by atoms with E-state index in [0.717, 1.165) is 30.4 Å². The Balaban J connectivity index is 2.62. The predicted octanol–water partition coefficient (Wildman–Crippen LogP) is 4.77. The van der Waals surface area contributed by atoms with Gasteiger partial charge in [0.2, 0.25) is 6.41 Å². The van der Waals surface area contributed by atoms with Gasteiger partial charge in [-0.25, -0.2) is 4.79 Å². The van der Waals surface area contributed by atoms with E-state index >= 15 is 0 Å². The number of carboxylic acid groups (broad SMARTS) is 1. The minimum Gasteiger partial charge on any atom is -0.478 e. The van der Waals surface area contributed by atoms with Crippen LogP contribution in [0.2, 0.25) is 0 Å². The summed E-state index contributed by atoms with van der Waals surface area (Å²) >= 11 is 0. The summed E-state index contributed by atoms with van der Waals surface area (Å²) in [7, 11) is 1.63. The Morgan fingerprint density at radius 3 is 2.50 bits per heavy atom. The molecule has 0 radical (unpaired) electrons. The minimum atomic E-state index is -0.999. The van der Waals surface area contributed by atoms with Gasteiger partial charge in [0.25, 0.3) is 0 Å². The highest BCUT2D eigenvalue weighted by atomic mass is 16.5. The number of carboxylic acids is 1. The molecule has 6 heteroatoms. The quantitative estimate of drug-likeness (QED) is 0.276. The van der Waals surface area contributed by atoms with Crippen LogP contribution in [0.1, 0.15) is 66.7 Å². The molecule has 0 heterocycles. The summed E-state index contributed by atoms with van der Waals surface area (Å²) in [5.41, 5.74) is 4.28. The van der Waals surface area contributed by atoms with Crippen LogP contribution in [0.15, 0.2) is 48.7 Å². The predicted molar refractivity (Wildman–Crippen MR) is 137 cm³/mol. The average molecular weight is 467 g/mol. The Labute approximate surface area is 203 Å². The van der Waals surface area contributed by atoms with Gasteiger partial charge in [0, 0.05) is 25.4 Å². The first-order valence-electron chi connectivity index (χ1n) is 11.9. The average Bonchev–Trinajstić information content (AvgIpc) is 2.82. The van der Waals surface area contributed by atoms with E-state index in [2.05, 4.69) is 49.6 Å². The van der Waals surface area contributed by atoms with E-state index in [1.165, 1.54) is 11.1 Å². The van der Waals surface area contributed by atoms with Gasteiger partial charge >= 0.3 is 5.97 Å². The molecule has 2 rings (SSSR count). The first-order valence-corrected chi connectivity index (χ1v) is 11.9. The number of rotatable bonds is 14. The molecule has 1 unspecified atom stereocenters. The van der Waals surface area contributed by atoms with E-state index in [9.17, 15) is 14.7 Å². The molecule has 0 bridgehead atoms. The van der Waals surface area contributed by atoms with E-state index in [0.29, 0.717) is 31.0 Å². The highest BCUT2D eigenvalue weighted by Gasteiger charge is 2.32. The number of carbonyl (C=O) groups excluding carboxylic acids is 1. The Morgan fingerprint density at radius 1 is 1.15 bits per heavy atom. The number of aromatic carboxylic acids is 1. The third kappa shape index (κ3) is 6.94. The van der Waals surface area contributed by atoms with E-state index in [-0.39, 0.29) is 5.56 Å². The fourth-order valence-corrected chi connectivity index (χ4v) is 4.06. The summed E-state index contributed by atoms with van der Waals surface area (Å²) in [6.07, 6.45) is 5.56. The molecule has 2 aromatic carbocycles. The second-order valence-electron chi connectivity index (χ2n) is 9.05. The van der Waals surface area contributed by atoms with Gasteiger partial charge in [-0.3, -0.25) is 4.79 Å². The minimum absolute atomic E-state index is 0.187. The topological polar surface area (TPSA) is 87.7 Å². The Morgan fingerprint density at radius 2 is 1.88 bits per heavy atom. The maximum atomic E-state index is 11.8. The van der Waals surface area contributed by atoms with Crippen LogP contribution in [0.5, 0.6) is 0 Å². The van der Waals surface area contributed by atoms with E-state index < -0.39 is 11.5 Å². The van der Waals surface area contributed by atoms with Gasteiger partial charge in [0.05, 0.1) is 17.7 Å². The summed E-state index contributed by atoms with van der Waals surface area (Å²) < 4.78 is 5.14. The van der Waals surface area contributed by atoms with Crippen LogP contribution in [-0.2, 0) is 27.9 Å². The SMILES string of the molecule is CCc1cc(C(C)(NC=O)/C(=C\NCCOC)c2cccc(C(=O)O)c2)ccc1CCC(C)C. The fraction of sp³-hybridized carbons (Fsp3) is 0.429. The molecule has 6 nitrogen and oxygen atoms in total. The number of carbonyl (C=O) groups is 2. The highest BCUT2D eigenvalue weighted by molar-refractivity contribution is 5.89. The molecule has 34 heavy (non-hydrogen) atoms. The van der Waals surface area contributed by atoms with E-state index in [1.807, 2.05) is 19.2 Å². The van der Waals surface area contributed by atoms with Gasteiger partial charge in [-0.1, -0.05) is 51.1 Å². The van der Waals surface area contributed by atoms with Crippen LogP contribution < -0.4 is 10.6 Å². The van der Waals surface area contributed by atoms with Crippen LogP contribution in [0, 0.1) is 5.92 Å². The molecular weight excluding hydrogens is 428 g/mol. The number of nitrogens with one attached hydrogen (secondary N) is 2. The highest BCUT2D eigenvalue weighted by Crippen LogP contribution is 2.37. The molecule has 0 saturated heterocycles. The maximum Gasteiger partial charge on any atom is 0.335 e. The zero-order valence-corrected chi connectivity index (χ0v) is 21.0. The molecule has 1 amide bonds. The second-order valence-corrected chi connectivity index (χ2v) is 9.05. The van der Waals surface area contributed by atoms with Gasteiger partial charge in [-0.05, 0) is 66.5 Å². The number of benzene rings is 2. The zero-order chi connectivity index (χ0) is 25.1. The molecule has 0 saturated carbocycles. The van der Waals surface area contributed by atoms with Crippen molar-refractivity contribution in [3.05, 3.63) is 76.5 Å². The molecule has 2 aromatic rings. The van der Waals surface area contributed by atoms with Crippen molar-refractivity contribution in [2.24, 2.45) is 5.92 Å². The van der Waals surface area contributed by atoms with Gasteiger partial charge in [0.15, 0.2) is 0 Å². The van der Waals surface area contributed by atoms with Crippen molar-refractivity contribution in [2.75, 3.05) is 20.3 Å². The van der Waals surface area contributed by atoms with Crippen LogP contribution in [0.3, 0.4) is 0 Å². The maximum absolute atomic E-state index is 11.8. The Hall–Kier alpha value is -3.12. The molecule has 0 spiro atoms. The molecule has 0 aliphatic heterocycles. The normalized spacial score (nSPS) is 13.4. The van der Waals surface area contributed by atoms with Gasteiger partial charge in [-0.2, -0.15) is 0 Å². The number of hydrogen-bond acceptors (Lipinski definition) is 4. The lowest BCUT2D eigenvalue weighted by Crippen LogP contribution is -2.40. The molecule has 0 aliphatic rings. The third-order valence-electron chi connectivity index (χ3n) is 6.16. The number of hydrogen-bond donors (Lipinski definition) is 3. The van der Waals surface area contributed by atoms with Gasteiger partial charge in [0.1, 0.15) is 0 Å². The summed E-state index contributed by atoms with van der Waals surface area (Å²) in [6.45, 7) is 9.63. The van der Waals surface area contributed by atoms with E-state index in [4.69, 9.17) is 4.74 Å². The van der Waals surface area contributed by atoms with Crippen molar-refractivity contribution < 1.29 is 19.4 Å². The number of amides is 1. The fourth-order valence-electron chi connectivity index (χ4n) is 4.06. The van der Waals surface area contributed by atoms with Crippen LogP contribution in [0.4, 0.5) is 0 Å². The van der Waals surface area contributed by atoms with Crippen molar-refractivity contribution in [3.63, 3.8) is 0 Å². The lowest BCUT2D eigenvalue weighted by Gasteiger charge is -2.34. The largest absolute Gasteiger partial charge is 0.478 e. The van der Waals surface area contributed by atoms with Crippen LogP contribution in [-0.4, -0.2) is 37.7 Å². The van der Waals surface area contributed by atoms with Crippen LogP contribution in [0.25, 0.3) is 5.57 Å². The first kappa shape index (κ1) is 27.1. The molecule has 3 N–H and O–H groups in total. The van der Waals surface area contributed by atoms with Crippen LogP contribution >= 0.6 is 0 Å². The van der Waals surface area contributed by atoms with Crippen molar-refractivity contribution in [1.82, 2.24) is 10.6 Å². The number of ether oxygens (including phenoxy) is 1. The lowest BCUT2D eigenvalue weighted by molar-refractivity contribution is -0.110. The lowest BCUT2D eigenvalue weighted by atomic mass is 9.79. The van der Waals surface area contributed by atoms with Gasteiger partial charge in [-0.15, -0.1) is 0 Å². The molecular formula is C28H38N2O4. The standard InChI is InChI=1S/C28H38N2O4/c1-6-21-17-25(13-12-22(21)11-10-20(2)3)28(4,30-19-31)26(18-29-14-15-34-5)23-8-7-9-24(16-23)27(32)33/h7-9,12-13,16-20,29H,6,10-11,14-15H2,1-5H3,(H,30,31)(H,32,33)/b26-18-. The smallest absolute Gasteiger partial charge is 0.335 e. The Kier molecular flexibility index (Phi) is 10.3. The van der Waals surface area contributed by atoms with E-state index in [1.54, 1.807) is 25.3 Å². The summed E-state index contributed by atoms with van der Waals surface area (Å²) in [4.78, 5) is 23.4. The summed E-state index contributed by atoms with van der Waals surface area (Å²) in [5.74, 6) is -0.373. The summed E-state index contributed by atoms with van der Waals surface area (Å²) in [5, 5.41) is 15.8. The molecule has 1 atom stereocenters. The number of methoxy groups -OCH3 is 1. The molecule has 184 valence electrons. The van der Waals surface area contributed by atoms with Crippen molar-refractivity contribution in [1.29, 1.82) is 0 Å². The van der Waals surface area contributed by atoms with Crippen molar-refractivity contribution in [3.8, 4) is 0 Å². The number of aryl methyl sites for hydroxylation is 2. The second kappa shape index (κ2) is 12.9. The van der Waals surface area contributed by atoms with Crippen molar-refractivity contribution in [2.45, 2.75) is 52.5 Å². The monoisotopic (exact) mass is 466 g/mol. The van der Waals surface area contributed by atoms with Crippen molar-refractivity contribution >= 4 is 18.0 Å². The first-order chi connectivity index (χ1) is 16.3.